The predicted molar refractivity (Wildman–Crippen MR) is 77.2 cm³/mol. The summed E-state index contributed by atoms with van der Waals surface area (Å²) in [5, 5.41) is 0. The SMILES string of the molecule is CCC(CCc1ccccc1C(C)N)[O][Sn][Br]. The van der Waals surface area contributed by atoms with Crippen molar-refractivity contribution in [2.45, 2.75) is 45.3 Å². The number of hydrogen-bond donors (Lipinski definition) is 1. The molecule has 1 aromatic rings. The van der Waals surface area contributed by atoms with E-state index < -0.39 is 19.3 Å². The van der Waals surface area contributed by atoms with Crippen molar-refractivity contribution < 1.29 is 3.07 Å². The van der Waals surface area contributed by atoms with E-state index in [1.165, 1.54) is 11.1 Å². The average Bonchev–Trinajstić information content (AvgIpc) is 2.34. The van der Waals surface area contributed by atoms with E-state index in [-0.39, 0.29) is 6.04 Å². The first-order valence-electron chi connectivity index (χ1n) is 6.03. The molecule has 0 aliphatic rings. The molecule has 1 aromatic carbocycles. The Labute approximate surface area is 121 Å². The average molecular weight is 405 g/mol. The van der Waals surface area contributed by atoms with Gasteiger partial charge in [-0.3, -0.25) is 0 Å². The van der Waals surface area contributed by atoms with Gasteiger partial charge in [0.2, 0.25) is 0 Å². The molecule has 94 valence electrons. The van der Waals surface area contributed by atoms with Crippen molar-refractivity contribution in [1.29, 1.82) is 0 Å². The molecule has 0 fully saturated rings. The Kier molecular flexibility index (Phi) is 7.75. The Morgan fingerprint density at radius 1 is 1.41 bits per heavy atom. The minimum absolute atomic E-state index is 0.111. The third-order valence-electron chi connectivity index (χ3n) is 2.95. The quantitative estimate of drug-likeness (QED) is 0.707. The van der Waals surface area contributed by atoms with Gasteiger partial charge in [0.25, 0.3) is 0 Å². The molecule has 0 aliphatic heterocycles. The number of nitrogens with two attached hydrogens (primary N) is 1. The summed E-state index contributed by atoms with van der Waals surface area (Å²) in [4.78, 5) is 0. The molecule has 2 N–H and O–H groups in total. The van der Waals surface area contributed by atoms with Crippen molar-refractivity contribution >= 4 is 32.0 Å². The van der Waals surface area contributed by atoms with Crippen molar-refractivity contribution in [2.24, 2.45) is 5.73 Å². The van der Waals surface area contributed by atoms with Crippen LogP contribution in [0.1, 0.15) is 43.9 Å². The van der Waals surface area contributed by atoms with Crippen LogP contribution in [0.25, 0.3) is 0 Å². The normalized spacial score (nSPS) is 14.6. The second-order valence-corrected chi connectivity index (χ2v) is 7.54. The van der Waals surface area contributed by atoms with Crippen molar-refractivity contribution in [3.05, 3.63) is 35.4 Å². The zero-order valence-electron chi connectivity index (χ0n) is 10.4. The van der Waals surface area contributed by atoms with Crippen molar-refractivity contribution in [1.82, 2.24) is 0 Å². The Hall–Kier alpha value is 0.419. The van der Waals surface area contributed by atoms with E-state index in [9.17, 15) is 0 Å². The maximum atomic E-state index is 5.98. The van der Waals surface area contributed by atoms with Crippen LogP contribution in [0.2, 0.25) is 0 Å². The summed E-state index contributed by atoms with van der Waals surface area (Å²) in [6.45, 7) is 4.23. The van der Waals surface area contributed by atoms with Gasteiger partial charge < -0.3 is 0 Å². The first-order chi connectivity index (χ1) is 8.19. The zero-order valence-corrected chi connectivity index (χ0v) is 14.9. The van der Waals surface area contributed by atoms with Gasteiger partial charge in [0.05, 0.1) is 0 Å². The summed E-state index contributed by atoms with van der Waals surface area (Å²) in [5.74, 6) is 0. The van der Waals surface area contributed by atoms with Gasteiger partial charge in [0, 0.05) is 0 Å². The number of halogens is 1. The van der Waals surface area contributed by atoms with E-state index in [0.717, 1.165) is 19.3 Å². The number of hydrogen-bond acceptors (Lipinski definition) is 2. The molecule has 0 saturated carbocycles. The molecule has 0 bridgehead atoms. The van der Waals surface area contributed by atoms with E-state index in [2.05, 4.69) is 43.9 Å². The van der Waals surface area contributed by atoms with Crippen LogP contribution in [0.4, 0.5) is 0 Å². The van der Waals surface area contributed by atoms with Crippen molar-refractivity contribution in [3.63, 3.8) is 0 Å². The molecule has 0 aromatic heterocycles. The second-order valence-electron chi connectivity index (χ2n) is 4.25. The molecule has 2 atom stereocenters. The van der Waals surface area contributed by atoms with Gasteiger partial charge in [-0.15, -0.1) is 0 Å². The molecule has 1 rings (SSSR count). The van der Waals surface area contributed by atoms with Crippen LogP contribution in [0.5, 0.6) is 0 Å². The summed E-state index contributed by atoms with van der Waals surface area (Å²) in [7, 11) is 0. The molecular weight excluding hydrogens is 385 g/mol. The number of aryl methyl sites for hydroxylation is 1. The Bertz CT molecular complexity index is 333. The summed E-state index contributed by atoms with van der Waals surface area (Å²) in [6, 6.07) is 8.57. The van der Waals surface area contributed by atoms with Crippen molar-refractivity contribution in [2.75, 3.05) is 0 Å². The van der Waals surface area contributed by atoms with Crippen LogP contribution in [0.15, 0.2) is 24.3 Å². The summed E-state index contributed by atoms with van der Waals surface area (Å²) >= 11 is 2.76. The molecule has 0 saturated heterocycles. The molecular formula is C13H20BrNOSn. The van der Waals surface area contributed by atoms with E-state index in [1.807, 2.05) is 6.92 Å². The third-order valence-corrected chi connectivity index (χ3v) is 5.41. The molecule has 0 aliphatic carbocycles. The standard InChI is InChI=1S/C13H20NO.BrH.Sn/c1-3-12(15)9-8-11-6-4-5-7-13(11)10(2)14;;/h4-7,10,12H,3,8-9,14H2,1-2H3;1H;/q-1;;+2/p-1. The third kappa shape index (κ3) is 5.28. The van der Waals surface area contributed by atoms with Gasteiger partial charge in [0.15, 0.2) is 0 Å². The van der Waals surface area contributed by atoms with Crippen LogP contribution in [-0.2, 0) is 9.49 Å². The van der Waals surface area contributed by atoms with Gasteiger partial charge >= 0.3 is 121 Å². The molecule has 0 spiro atoms. The maximum absolute atomic E-state index is 5.98. The van der Waals surface area contributed by atoms with Crippen LogP contribution in [0, 0.1) is 0 Å². The second kappa shape index (κ2) is 8.51. The monoisotopic (exact) mass is 405 g/mol. The fraction of sp³-hybridized carbons (Fsp3) is 0.538. The molecule has 2 unspecified atom stereocenters. The Balaban J connectivity index is 2.61. The van der Waals surface area contributed by atoms with Crippen LogP contribution >= 0.6 is 12.7 Å². The van der Waals surface area contributed by atoms with Gasteiger partial charge in [-0.05, 0) is 0 Å². The van der Waals surface area contributed by atoms with Gasteiger partial charge in [-0.2, -0.15) is 0 Å². The van der Waals surface area contributed by atoms with Crippen LogP contribution in [-0.4, -0.2) is 25.4 Å². The topological polar surface area (TPSA) is 35.2 Å². The Morgan fingerprint density at radius 2 is 2.12 bits per heavy atom. The number of benzene rings is 1. The van der Waals surface area contributed by atoms with E-state index in [0.29, 0.717) is 6.10 Å². The van der Waals surface area contributed by atoms with Gasteiger partial charge in [-0.25, -0.2) is 0 Å². The summed E-state index contributed by atoms with van der Waals surface area (Å²) in [6.07, 6.45) is 3.64. The first-order valence-corrected chi connectivity index (χ1v) is 13.6. The predicted octanol–water partition coefficient (Wildman–Crippen LogP) is 3.36. The van der Waals surface area contributed by atoms with Crippen molar-refractivity contribution in [3.8, 4) is 0 Å². The van der Waals surface area contributed by atoms with Gasteiger partial charge in [-0.1, -0.05) is 0 Å². The molecule has 2 nitrogen and oxygen atoms in total. The Morgan fingerprint density at radius 3 is 2.71 bits per heavy atom. The van der Waals surface area contributed by atoms with Crippen LogP contribution < -0.4 is 5.73 Å². The molecule has 17 heavy (non-hydrogen) atoms. The number of rotatable bonds is 7. The summed E-state index contributed by atoms with van der Waals surface area (Å²) in [5.41, 5.74) is 8.61. The van der Waals surface area contributed by atoms with E-state index in [4.69, 9.17) is 8.81 Å². The zero-order chi connectivity index (χ0) is 12.7. The summed E-state index contributed by atoms with van der Waals surface area (Å²) < 4.78 is 5.77. The molecule has 0 heterocycles. The fourth-order valence-electron chi connectivity index (χ4n) is 1.93. The molecule has 4 heteroatoms. The van der Waals surface area contributed by atoms with E-state index >= 15 is 0 Å². The molecule has 0 amide bonds. The first kappa shape index (κ1) is 15.5. The fourth-order valence-corrected chi connectivity index (χ4v) is 4.88. The van der Waals surface area contributed by atoms with Gasteiger partial charge in [0.1, 0.15) is 0 Å². The minimum atomic E-state index is -0.727. The van der Waals surface area contributed by atoms with E-state index in [1.54, 1.807) is 0 Å². The molecule has 2 radical (unpaired) electrons. The van der Waals surface area contributed by atoms with Crippen LogP contribution in [0.3, 0.4) is 0 Å².